The lowest BCUT2D eigenvalue weighted by atomic mass is 9.71. The Balaban J connectivity index is 1.81. The van der Waals surface area contributed by atoms with Crippen LogP contribution in [0.4, 0.5) is 0 Å². The fourth-order valence-electron chi connectivity index (χ4n) is 3.21. The van der Waals surface area contributed by atoms with Crippen LogP contribution in [0.25, 0.3) is 0 Å². The van der Waals surface area contributed by atoms with Gasteiger partial charge in [0, 0.05) is 6.04 Å². The van der Waals surface area contributed by atoms with Gasteiger partial charge in [-0.1, -0.05) is 12.8 Å². The Labute approximate surface area is 125 Å². The number of nitrogens with one attached hydrogen (secondary N) is 2. The maximum absolute atomic E-state index is 12.0. The van der Waals surface area contributed by atoms with Crippen molar-refractivity contribution in [3.63, 3.8) is 0 Å². The zero-order valence-electron chi connectivity index (χ0n) is 12.7. The SMILES string of the molecule is CC1(C(=O)O)CCCCC1NC(=O)COC1CCNCC1. The quantitative estimate of drug-likeness (QED) is 0.702. The normalized spacial score (nSPS) is 30.8. The van der Waals surface area contributed by atoms with Crippen molar-refractivity contribution in [3.8, 4) is 0 Å². The van der Waals surface area contributed by atoms with E-state index in [2.05, 4.69) is 10.6 Å². The average Bonchev–Trinajstić information content (AvgIpc) is 2.48. The number of carboxylic acid groups (broad SMARTS) is 1. The molecular weight excluding hydrogens is 272 g/mol. The molecule has 1 saturated heterocycles. The van der Waals surface area contributed by atoms with Gasteiger partial charge in [0.2, 0.25) is 5.91 Å². The first-order valence-corrected chi connectivity index (χ1v) is 7.87. The summed E-state index contributed by atoms with van der Waals surface area (Å²) in [5.41, 5.74) is -0.858. The number of amides is 1. The summed E-state index contributed by atoms with van der Waals surface area (Å²) in [5.74, 6) is -1.03. The zero-order valence-corrected chi connectivity index (χ0v) is 12.7. The smallest absolute Gasteiger partial charge is 0.311 e. The molecule has 6 heteroatoms. The molecule has 3 N–H and O–H groups in total. The van der Waals surface area contributed by atoms with Gasteiger partial charge in [-0.2, -0.15) is 0 Å². The van der Waals surface area contributed by atoms with E-state index >= 15 is 0 Å². The van der Waals surface area contributed by atoms with Crippen molar-refractivity contribution in [2.24, 2.45) is 5.41 Å². The van der Waals surface area contributed by atoms with Crippen LogP contribution in [0.15, 0.2) is 0 Å². The van der Waals surface area contributed by atoms with E-state index in [0.717, 1.165) is 45.2 Å². The third-order valence-electron chi connectivity index (χ3n) is 4.77. The number of hydrogen-bond donors (Lipinski definition) is 3. The first-order valence-electron chi connectivity index (χ1n) is 7.87. The van der Waals surface area contributed by atoms with E-state index in [4.69, 9.17) is 4.74 Å². The van der Waals surface area contributed by atoms with Gasteiger partial charge >= 0.3 is 5.97 Å². The summed E-state index contributed by atoms with van der Waals surface area (Å²) in [4.78, 5) is 23.5. The Kier molecular flexibility index (Phi) is 5.58. The molecule has 21 heavy (non-hydrogen) atoms. The minimum Gasteiger partial charge on any atom is -0.481 e. The van der Waals surface area contributed by atoms with Crippen LogP contribution in [-0.2, 0) is 14.3 Å². The van der Waals surface area contributed by atoms with Crippen LogP contribution in [0.5, 0.6) is 0 Å². The molecular formula is C15H26N2O4. The minimum absolute atomic E-state index is 0.0247. The molecule has 0 aromatic heterocycles. The maximum Gasteiger partial charge on any atom is 0.311 e. The zero-order chi connectivity index (χ0) is 15.3. The first-order chi connectivity index (χ1) is 10.0. The Bertz CT molecular complexity index is 382. The third kappa shape index (κ3) is 4.17. The van der Waals surface area contributed by atoms with Gasteiger partial charge in [-0.3, -0.25) is 9.59 Å². The highest BCUT2D eigenvalue weighted by Crippen LogP contribution is 2.36. The number of hydrogen-bond acceptors (Lipinski definition) is 4. The summed E-state index contributed by atoms with van der Waals surface area (Å²) < 4.78 is 5.62. The molecule has 0 radical (unpaired) electrons. The Morgan fingerprint density at radius 2 is 2.00 bits per heavy atom. The van der Waals surface area contributed by atoms with E-state index in [-0.39, 0.29) is 24.7 Å². The molecule has 0 bridgehead atoms. The van der Waals surface area contributed by atoms with Crippen LogP contribution in [0, 0.1) is 5.41 Å². The number of carbonyl (C=O) groups excluding carboxylic acids is 1. The molecule has 2 fully saturated rings. The van der Waals surface area contributed by atoms with Crippen molar-refractivity contribution in [1.82, 2.24) is 10.6 Å². The van der Waals surface area contributed by atoms with Gasteiger partial charge in [0.1, 0.15) is 6.61 Å². The van der Waals surface area contributed by atoms with Gasteiger partial charge in [0.05, 0.1) is 11.5 Å². The predicted octanol–water partition coefficient (Wildman–Crippen LogP) is 0.905. The van der Waals surface area contributed by atoms with Crippen LogP contribution in [0.2, 0.25) is 0 Å². The van der Waals surface area contributed by atoms with E-state index in [9.17, 15) is 14.7 Å². The summed E-state index contributed by atoms with van der Waals surface area (Å²) in [7, 11) is 0. The third-order valence-corrected chi connectivity index (χ3v) is 4.77. The Morgan fingerprint density at radius 3 is 2.67 bits per heavy atom. The highest BCUT2D eigenvalue weighted by molar-refractivity contribution is 5.80. The molecule has 0 aromatic carbocycles. The fraction of sp³-hybridized carbons (Fsp3) is 0.867. The number of rotatable bonds is 5. The molecule has 2 aliphatic rings. The highest BCUT2D eigenvalue weighted by Gasteiger charge is 2.43. The molecule has 1 amide bonds. The van der Waals surface area contributed by atoms with E-state index in [1.165, 1.54) is 0 Å². The minimum atomic E-state index is -0.858. The average molecular weight is 298 g/mol. The second kappa shape index (κ2) is 7.22. The van der Waals surface area contributed by atoms with Gasteiger partial charge in [0.15, 0.2) is 0 Å². The van der Waals surface area contributed by atoms with Gasteiger partial charge in [0.25, 0.3) is 0 Å². The molecule has 2 rings (SSSR count). The summed E-state index contributed by atoms with van der Waals surface area (Å²) in [6.07, 6.45) is 5.18. The van der Waals surface area contributed by atoms with Crippen molar-refractivity contribution in [2.45, 2.75) is 57.6 Å². The van der Waals surface area contributed by atoms with Crippen molar-refractivity contribution in [2.75, 3.05) is 19.7 Å². The lowest BCUT2D eigenvalue weighted by Gasteiger charge is -2.38. The summed E-state index contributed by atoms with van der Waals surface area (Å²) in [6.45, 7) is 3.60. The molecule has 6 nitrogen and oxygen atoms in total. The second-order valence-corrected chi connectivity index (χ2v) is 6.35. The second-order valence-electron chi connectivity index (χ2n) is 6.35. The van der Waals surface area contributed by atoms with Crippen molar-refractivity contribution < 1.29 is 19.4 Å². The molecule has 0 spiro atoms. The summed E-state index contributed by atoms with van der Waals surface area (Å²) in [6, 6.07) is -0.298. The van der Waals surface area contributed by atoms with Gasteiger partial charge in [-0.15, -0.1) is 0 Å². The molecule has 0 aromatic rings. The lowest BCUT2D eigenvalue weighted by molar-refractivity contribution is -0.152. The number of piperidine rings is 1. The van der Waals surface area contributed by atoms with Crippen LogP contribution in [0.3, 0.4) is 0 Å². The predicted molar refractivity (Wildman–Crippen MR) is 78.0 cm³/mol. The van der Waals surface area contributed by atoms with Crippen LogP contribution < -0.4 is 10.6 Å². The van der Waals surface area contributed by atoms with Gasteiger partial charge < -0.3 is 20.5 Å². The largest absolute Gasteiger partial charge is 0.481 e. The molecule has 1 heterocycles. The van der Waals surface area contributed by atoms with Crippen molar-refractivity contribution in [3.05, 3.63) is 0 Å². The standard InChI is InChI=1S/C15H26N2O4/c1-15(14(19)20)7-3-2-4-12(15)17-13(18)10-21-11-5-8-16-9-6-11/h11-12,16H,2-10H2,1H3,(H,17,18)(H,19,20). The maximum atomic E-state index is 12.0. The number of carboxylic acids is 1. The Hall–Kier alpha value is -1.14. The number of ether oxygens (including phenoxy) is 1. The van der Waals surface area contributed by atoms with Crippen molar-refractivity contribution >= 4 is 11.9 Å². The molecule has 2 atom stereocenters. The van der Waals surface area contributed by atoms with Crippen LogP contribution >= 0.6 is 0 Å². The highest BCUT2D eigenvalue weighted by atomic mass is 16.5. The Morgan fingerprint density at radius 1 is 1.29 bits per heavy atom. The van der Waals surface area contributed by atoms with E-state index in [0.29, 0.717) is 6.42 Å². The summed E-state index contributed by atoms with van der Waals surface area (Å²) >= 11 is 0. The number of carbonyl (C=O) groups is 2. The monoisotopic (exact) mass is 298 g/mol. The number of aliphatic carboxylic acids is 1. The van der Waals surface area contributed by atoms with Gasteiger partial charge in [-0.25, -0.2) is 0 Å². The lowest BCUT2D eigenvalue weighted by Crippen LogP contribution is -2.53. The topological polar surface area (TPSA) is 87.7 Å². The van der Waals surface area contributed by atoms with E-state index < -0.39 is 11.4 Å². The van der Waals surface area contributed by atoms with Gasteiger partial charge in [-0.05, 0) is 45.7 Å². The molecule has 1 saturated carbocycles. The van der Waals surface area contributed by atoms with Crippen LogP contribution in [0.1, 0.15) is 45.4 Å². The van der Waals surface area contributed by atoms with E-state index in [1.807, 2.05) is 0 Å². The summed E-state index contributed by atoms with van der Waals surface area (Å²) in [5, 5.41) is 15.5. The van der Waals surface area contributed by atoms with Crippen LogP contribution in [-0.4, -0.2) is 48.8 Å². The molecule has 120 valence electrons. The fourth-order valence-corrected chi connectivity index (χ4v) is 3.21. The molecule has 1 aliphatic carbocycles. The molecule has 1 aliphatic heterocycles. The molecule has 2 unspecified atom stereocenters. The first kappa shape index (κ1) is 16.2. The van der Waals surface area contributed by atoms with E-state index in [1.54, 1.807) is 6.92 Å². The van der Waals surface area contributed by atoms with Crippen molar-refractivity contribution in [1.29, 1.82) is 0 Å².